The number of benzene rings is 2. The molecule has 5 N–H and O–H groups in total. The summed E-state index contributed by atoms with van der Waals surface area (Å²) in [6, 6.07) is 15.3. The van der Waals surface area contributed by atoms with E-state index in [1.165, 1.54) is 24.3 Å². The van der Waals surface area contributed by atoms with Crippen LogP contribution in [0.4, 0.5) is 24.5 Å². The van der Waals surface area contributed by atoms with Crippen LogP contribution in [0.3, 0.4) is 0 Å². The zero-order chi connectivity index (χ0) is 22.5. The topological polar surface area (TPSA) is 116 Å². The summed E-state index contributed by atoms with van der Waals surface area (Å²) < 4.78 is 40.2. The second-order valence-electron chi connectivity index (χ2n) is 5.93. The fourth-order valence-electron chi connectivity index (χ4n) is 2.68. The Morgan fingerprint density at radius 3 is 1.63 bits per heavy atom. The van der Waals surface area contributed by atoms with Gasteiger partial charge in [-0.15, -0.1) is 0 Å². The standard InChI is InChI=1S/C17H17F3N5O3PS/c18-16(19,20)15(28)23(11-14(26)27)17(29-30,24(21)12-7-3-1-4-8-12)25(22)13-9-5-2-6-10-13/h1-10H,11,21-22H2,(H,26,27)/p+1. The molecule has 1 atom stereocenters. The minimum Gasteiger partial charge on any atom is -0.480 e. The smallest absolute Gasteiger partial charge is 0.471 e. The predicted octanol–water partition coefficient (Wildman–Crippen LogP) is 1.97. The lowest BCUT2D eigenvalue weighted by molar-refractivity contribution is -0.190. The second kappa shape index (κ2) is 9.35. The average Bonchev–Trinajstić information content (AvgIpc) is 2.73. The molecule has 0 saturated carbocycles. The second-order valence-corrected chi connectivity index (χ2v) is 7.42. The summed E-state index contributed by atoms with van der Waals surface area (Å²) in [6.07, 6.45) is -5.40. The summed E-state index contributed by atoms with van der Waals surface area (Å²) in [6.45, 7) is -1.34. The van der Waals surface area contributed by atoms with E-state index in [2.05, 4.69) is 0 Å². The van der Waals surface area contributed by atoms with Crippen molar-refractivity contribution in [3.63, 3.8) is 0 Å². The van der Waals surface area contributed by atoms with Crippen LogP contribution in [0.25, 0.3) is 0 Å². The molecule has 0 spiro atoms. The van der Waals surface area contributed by atoms with Gasteiger partial charge in [-0.1, -0.05) is 36.4 Å². The quantitative estimate of drug-likeness (QED) is 0.237. The first-order chi connectivity index (χ1) is 14.1. The van der Waals surface area contributed by atoms with Crippen LogP contribution in [0.15, 0.2) is 60.7 Å². The number of carboxylic acid groups (broad SMARTS) is 1. The van der Waals surface area contributed by atoms with E-state index in [0.717, 1.165) is 10.0 Å². The van der Waals surface area contributed by atoms with Crippen LogP contribution >= 0.6 is 7.36 Å². The molecule has 2 rings (SSSR count). The lowest BCUT2D eigenvalue weighted by Crippen LogP contribution is -2.74. The first-order valence-electron chi connectivity index (χ1n) is 8.25. The van der Waals surface area contributed by atoms with Crippen molar-refractivity contribution in [3.05, 3.63) is 60.7 Å². The maximum Gasteiger partial charge on any atom is 0.471 e. The number of rotatable bonds is 8. The van der Waals surface area contributed by atoms with Crippen LogP contribution < -0.4 is 21.7 Å². The van der Waals surface area contributed by atoms with Gasteiger partial charge in [-0.2, -0.15) is 13.2 Å². The number of carbonyl (C=O) groups is 2. The van der Waals surface area contributed by atoms with Crippen LogP contribution in [0, 0.1) is 0 Å². The van der Waals surface area contributed by atoms with Gasteiger partial charge in [0.1, 0.15) is 6.54 Å². The SMILES string of the molecule is NN(c1ccccc1)C([PH+]=S)(N(CC(=O)O)C(=O)C(F)(F)F)N(N)c1ccccc1. The molecule has 0 aromatic heterocycles. The molecule has 2 aromatic rings. The van der Waals surface area contributed by atoms with Gasteiger partial charge in [-0.05, 0) is 24.3 Å². The van der Waals surface area contributed by atoms with Crippen molar-refractivity contribution in [2.24, 2.45) is 11.7 Å². The van der Waals surface area contributed by atoms with Gasteiger partial charge in [0.25, 0.3) is 0 Å². The van der Waals surface area contributed by atoms with Crippen molar-refractivity contribution in [2.45, 2.75) is 11.7 Å². The van der Waals surface area contributed by atoms with Gasteiger partial charge in [0.15, 0.2) is 11.8 Å². The Kier molecular flexibility index (Phi) is 7.32. The van der Waals surface area contributed by atoms with Gasteiger partial charge >= 0.3 is 23.6 Å². The Morgan fingerprint density at radius 1 is 0.933 bits per heavy atom. The maximum atomic E-state index is 13.4. The normalized spacial score (nSPS) is 11.8. The number of amides is 1. The van der Waals surface area contributed by atoms with Crippen LogP contribution in [0.1, 0.15) is 0 Å². The molecule has 0 aliphatic carbocycles. The molecule has 0 fully saturated rings. The number of hydrogen-bond acceptors (Lipinski definition) is 7. The summed E-state index contributed by atoms with van der Waals surface area (Å²) in [5, 5.41) is 10.8. The molecule has 0 radical (unpaired) electrons. The third-order valence-electron chi connectivity index (χ3n) is 4.03. The van der Waals surface area contributed by atoms with E-state index in [1.807, 2.05) is 0 Å². The number of carbonyl (C=O) groups excluding carboxylic acids is 1. The molecule has 0 aliphatic heterocycles. The summed E-state index contributed by atoms with van der Waals surface area (Å²) in [4.78, 5) is 23.7. The lowest BCUT2D eigenvalue weighted by Gasteiger charge is -2.45. The highest BCUT2D eigenvalue weighted by Gasteiger charge is 2.61. The minimum atomic E-state index is -5.40. The molecule has 1 amide bonds. The third-order valence-corrected chi connectivity index (χ3v) is 5.88. The van der Waals surface area contributed by atoms with E-state index in [9.17, 15) is 27.9 Å². The monoisotopic (exact) mass is 460 g/mol. The number of nitrogens with zero attached hydrogens (tertiary/aromatic N) is 3. The highest BCUT2D eigenvalue weighted by atomic mass is 32.4. The fraction of sp³-hybridized carbons (Fsp3) is 0.176. The van der Waals surface area contributed by atoms with Crippen molar-refractivity contribution in [2.75, 3.05) is 16.6 Å². The molecule has 0 heterocycles. The Labute approximate surface area is 176 Å². The number of aliphatic carboxylic acids is 1. The molecule has 8 nitrogen and oxygen atoms in total. The highest BCUT2D eigenvalue weighted by molar-refractivity contribution is 7.97. The molecule has 1 unspecified atom stereocenters. The van der Waals surface area contributed by atoms with Crippen LogP contribution in [-0.2, 0) is 21.4 Å². The number of carboxylic acids is 1. The Morgan fingerprint density at radius 2 is 1.33 bits per heavy atom. The van der Waals surface area contributed by atoms with Crippen molar-refractivity contribution >= 4 is 42.4 Å². The zero-order valence-corrected chi connectivity index (χ0v) is 17.1. The van der Waals surface area contributed by atoms with E-state index >= 15 is 0 Å². The molecule has 0 bridgehead atoms. The fourth-order valence-corrected chi connectivity index (χ4v) is 4.35. The third kappa shape index (κ3) is 4.68. The van der Waals surface area contributed by atoms with Crippen LogP contribution in [0.5, 0.6) is 0 Å². The number of alkyl halides is 3. The van der Waals surface area contributed by atoms with Gasteiger partial charge in [-0.25, -0.2) is 26.6 Å². The molecule has 13 heteroatoms. The van der Waals surface area contributed by atoms with Gasteiger partial charge in [0, 0.05) is 0 Å². The van der Waals surface area contributed by atoms with Gasteiger partial charge in [-0.3, -0.25) is 9.59 Å². The number of hydrogen-bond donors (Lipinski definition) is 3. The first-order valence-corrected chi connectivity index (χ1v) is 10.4. The average molecular weight is 460 g/mol. The van der Waals surface area contributed by atoms with Crippen LogP contribution in [-0.4, -0.2) is 40.1 Å². The number of para-hydroxylation sites is 2. The van der Waals surface area contributed by atoms with E-state index in [4.69, 9.17) is 23.5 Å². The highest BCUT2D eigenvalue weighted by Crippen LogP contribution is 2.40. The molecular weight excluding hydrogens is 442 g/mol. The summed E-state index contributed by atoms with van der Waals surface area (Å²) >= 11 is 5.14. The minimum absolute atomic E-state index is 0.0285. The van der Waals surface area contributed by atoms with Gasteiger partial charge < -0.3 is 5.11 Å². The molecule has 2 aromatic carbocycles. The summed E-state index contributed by atoms with van der Waals surface area (Å²) in [5.74, 6) is 8.21. The Balaban J connectivity index is 2.78. The Hall–Kier alpha value is -2.79. The molecular formula is C17H18F3N5O3PS+. The number of hydrazine groups is 2. The van der Waals surface area contributed by atoms with Gasteiger partial charge in [0.2, 0.25) is 7.36 Å². The van der Waals surface area contributed by atoms with Crippen molar-refractivity contribution < 1.29 is 27.9 Å². The Bertz CT molecular complexity index is 859. The van der Waals surface area contributed by atoms with Crippen LogP contribution in [0.2, 0.25) is 0 Å². The van der Waals surface area contributed by atoms with E-state index in [-0.39, 0.29) is 16.3 Å². The van der Waals surface area contributed by atoms with E-state index in [0.29, 0.717) is 0 Å². The van der Waals surface area contributed by atoms with E-state index < -0.39 is 37.5 Å². The summed E-state index contributed by atoms with van der Waals surface area (Å²) in [5.41, 5.74) is -2.04. The predicted molar refractivity (Wildman–Crippen MR) is 110 cm³/mol. The van der Waals surface area contributed by atoms with Crippen molar-refractivity contribution in [1.29, 1.82) is 0 Å². The number of nitrogens with two attached hydrogens (primary N) is 2. The molecule has 0 saturated heterocycles. The number of halogens is 3. The first kappa shape index (κ1) is 23.5. The van der Waals surface area contributed by atoms with Gasteiger partial charge in [0.05, 0.1) is 11.4 Å². The molecule has 160 valence electrons. The lowest BCUT2D eigenvalue weighted by atomic mass is 10.2. The summed E-state index contributed by atoms with van der Waals surface area (Å²) in [7, 11) is -0.990. The number of anilines is 2. The maximum absolute atomic E-state index is 13.4. The van der Waals surface area contributed by atoms with E-state index in [1.54, 1.807) is 36.4 Å². The molecule has 0 aliphatic rings. The van der Waals surface area contributed by atoms with Crippen molar-refractivity contribution in [3.8, 4) is 0 Å². The zero-order valence-electron chi connectivity index (χ0n) is 15.3. The largest absolute Gasteiger partial charge is 0.480 e. The van der Waals surface area contributed by atoms with Crippen molar-refractivity contribution in [1.82, 2.24) is 4.90 Å². The molecule has 30 heavy (non-hydrogen) atoms.